The normalized spacial score (nSPS) is 17.5. The van der Waals surface area contributed by atoms with E-state index in [1.807, 2.05) is 18.2 Å². The van der Waals surface area contributed by atoms with Crippen LogP contribution in [0.15, 0.2) is 47.8 Å². The Morgan fingerprint density at radius 2 is 1.96 bits per heavy atom. The fourth-order valence-corrected chi connectivity index (χ4v) is 3.85. The van der Waals surface area contributed by atoms with E-state index in [0.29, 0.717) is 18.0 Å². The fraction of sp³-hybridized carbons (Fsp3) is 0.421. The molecule has 2 aromatic rings. The molecule has 1 atom stereocenters. The van der Waals surface area contributed by atoms with E-state index in [1.54, 1.807) is 23.5 Å². The third kappa shape index (κ3) is 4.66. The summed E-state index contributed by atoms with van der Waals surface area (Å²) in [6, 6.07) is 13.4. The van der Waals surface area contributed by atoms with Gasteiger partial charge in [0.2, 0.25) is 0 Å². The van der Waals surface area contributed by atoms with Gasteiger partial charge < -0.3 is 10.4 Å². The second-order valence-corrected chi connectivity index (χ2v) is 7.39. The van der Waals surface area contributed by atoms with Crippen molar-refractivity contribution < 1.29 is 9.90 Å². The van der Waals surface area contributed by atoms with Crippen molar-refractivity contribution >= 4 is 17.2 Å². The van der Waals surface area contributed by atoms with Gasteiger partial charge in [-0.25, -0.2) is 0 Å². The Hall–Kier alpha value is -1.69. The molecular weight excluding hydrogens is 320 g/mol. The van der Waals surface area contributed by atoms with Crippen LogP contribution in [0, 0.1) is 5.92 Å². The zero-order chi connectivity index (χ0) is 16.8. The Morgan fingerprint density at radius 3 is 2.62 bits per heavy atom. The minimum absolute atomic E-state index is 0.304. The SMILES string of the molecule is O=C(NCC1CCN(Cc2cccs2)CC1)C(O)c1ccccc1. The first kappa shape index (κ1) is 17.1. The molecule has 1 aromatic heterocycles. The Morgan fingerprint density at radius 1 is 1.21 bits per heavy atom. The number of hydrogen-bond donors (Lipinski definition) is 2. The van der Waals surface area contributed by atoms with Crippen molar-refractivity contribution in [3.05, 3.63) is 58.3 Å². The van der Waals surface area contributed by atoms with Crippen molar-refractivity contribution in [2.24, 2.45) is 5.92 Å². The van der Waals surface area contributed by atoms with Gasteiger partial charge in [-0.15, -0.1) is 11.3 Å². The molecule has 1 saturated heterocycles. The lowest BCUT2D eigenvalue weighted by Crippen LogP contribution is -2.39. The number of benzene rings is 1. The minimum Gasteiger partial charge on any atom is -0.378 e. The number of rotatable bonds is 6. The molecule has 2 N–H and O–H groups in total. The monoisotopic (exact) mass is 344 g/mol. The van der Waals surface area contributed by atoms with Crippen molar-refractivity contribution in [2.45, 2.75) is 25.5 Å². The lowest BCUT2D eigenvalue weighted by molar-refractivity contribution is -0.129. The summed E-state index contributed by atoms with van der Waals surface area (Å²) >= 11 is 1.81. The van der Waals surface area contributed by atoms with Gasteiger partial charge in [0.15, 0.2) is 6.10 Å². The lowest BCUT2D eigenvalue weighted by Gasteiger charge is -2.31. The molecular formula is C19H24N2O2S. The van der Waals surface area contributed by atoms with E-state index in [-0.39, 0.29) is 5.91 Å². The number of nitrogens with zero attached hydrogens (tertiary/aromatic N) is 1. The van der Waals surface area contributed by atoms with Gasteiger partial charge in [0.05, 0.1) is 0 Å². The molecule has 3 rings (SSSR count). The number of hydrogen-bond acceptors (Lipinski definition) is 4. The highest BCUT2D eigenvalue weighted by atomic mass is 32.1. The molecule has 0 aliphatic carbocycles. The summed E-state index contributed by atoms with van der Waals surface area (Å²) in [5, 5.41) is 15.1. The molecule has 0 radical (unpaired) electrons. The first-order valence-corrected chi connectivity index (χ1v) is 9.36. The predicted molar refractivity (Wildman–Crippen MR) is 96.7 cm³/mol. The highest BCUT2D eigenvalue weighted by molar-refractivity contribution is 7.09. The molecule has 1 aliphatic rings. The van der Waals surface area contributed by atoms with Crippen LogP contribution in [-0.4, -0.2) is 35.5 Å². The highest BCUT2D eigenvalue weighted by Gasteiger charge is 2.22. The summed E-state index contributed by atoms with van der Waals surface area (Å²) in [4.78, 5) is 16.0. The van der Waals surface area contributed by atoms with Crippen LogP contribution in [0.4, 0.5) is 0 Å². The molecule has 2 heterocycles. The molecule has 0 bridgehead atoms. The quantitative estimate of drug-likeness (QED) is 0.847. The van der Waals surface area contributed by atoms with Crippen molar-refractivity contribution in [3.8, 4) is 0 Å². The van der Waals surface area contributed by atoms with Gasteiger partial charge >= 0.3 is 0 Å². The zero-order valence-corrected chi connectivity index (χ0v) is 14.5. The predicted octanol–water partition coefficient (Wildman–Crippen LogP) is 2.81. The van der Waals surface area contributed by atoms with E-state index >= 15 is 0 Å². The summed E-state index contributed by atoms with van der Waals surface area (Å²) in [5.41, 5.74) is 0.640. The van der Waals surface area contributed by atoms with Gasteiger partial charge in [-0.05, 0) is 48.9 Å². The van der Waals surface area contributed by atoms with Gasteiger partial charge in [0.1, 0.15) is 0 Å². The summed E-state index contributed by atoms with van der Waals surface area (Å²) in [7, 11) is 0. The van der Waals surface area contributed by atoms with Crippen molar-refractivity contribution in [3.63, 3.8) is 0 Å². The van der Waals surface area contributed by atoms with E-state index in [9.17, 15) is 9.90 Å². The van der Waals surface area contributed by atoms with Crippen molar-refractivity contribution in [2.75, 3.05) is 19.6 Å². The minimum atomic E-state index is -1.08. The molecule has 1 fully saturated rings. The van der Waals surface area contributed by atoms with Crippen molar-refractivity contribution in [1.82, 2.24) is 10.2 Å². The van der Waals surface area contributed by atoms with Crippen LogP contribution >= 0.6 is 11.3 Å². The number of piperidine rings is 1. The largest absolute Gasteiger partial charge is 0.378 e. The van der Waals surface area contributed by atoms with Crippen LogP contribution in [0.5, 0.6) is 0 Å². The average Bonchev–Trinajstić information content (AvgIpc) is 3.14. The smallest absolute Gasteiger partial charge is 0.253 e. The number of carbonyl (C=O) groups is 1. The third-order valence-corrected chi connectivity index (χ3v) is 5.46. The summed E-state index contributed by atoms with van der Waals surface area (Å²) in [5.74, 6) is 0.193. The summed E-state index contributed by atoms with van der Waals surface area (Å²) in [6.07, 6.45) is 1.10. The zero-order valence-electron chi connectivity index (χ0n) is 13.7. The molecule has 1 unspecified atom stereocenters. The highest BCUT2D eigenvalue weighted by Crippen LogP contribution is 2.20. The maximum absolute atomic E-state index is 12.1. The Balaban J connectivity index is 1.39. The first-order chi connectivity index (χ1) is 11.7. The number of aliphatic hydroxyl groups excluding tert-OH is 1. The molecule has 5 heteroatoms. The van der Waals surface area contributed by atoms with Gasteiger partial charge in [-0.2, -0.15) is 0 Å². The Kier molecular flexibility index (Phi) is 6.01. The molecule has 0 saturated carbocycles. The standard InChI is InChI=1S/C19H24N2O2S/c22-18(16-5-2-1-3-6-16)19(23)20-13-15-8-10-21(11-9-15)14-17-7-4-12-24-17/h1-7,12,15,18,22H,8-11,13-14H2,(H,20,23). The second-order valence-electron chi connectivity index (χ2n) is 6.36. The molecule has 24 heavy (non-hydrogen) atoms. The van der Waals surface area contributed by atoms with E-state index in [4.69, 9.17) is 0 Å². The summed E-state index contributed by atoms with van der Waals surface area (Å²) < 4.78 is 0. The number of carbonyl (C=O) groups excluding carboxylic acids is 1. The van der Waals surface area contributed by atoms with Gasteiger partial charge in [0, 0.05) is 18.0 Å². The van der Waals surface area contributed by atoms with Gasteiger partial charge in [0.25, 0.3) is 5.91 Å². The lowest BCUT2D eigenvalue weighted by atomic mass is 9.96. The van der Waals surface area contributed by atoms with E-state index in [1.165, 1.54) is 4.88 Å². The third-order valence-electron chi connectivity index (χ3n) is 4.60. The molecule has 128 valence electrons. The Bertz CT molecular complexity index is 622. The van der Waals surface area contributed by atoms with Crippen LogP contribution in [0.2, 0.25) is 0 Å². The van der Waals surface area contributed by atoms with Gasteiger partial charge in [-0.3, -0.25) is 9.69 Å². The summed E-state index contributed by atoms with van der Waals surface area (Å²) in [6.45, 7) is 3.82. The van der Waals surface area contributed by atoms with Crippen molar-refractivity contribution in [1.29, 1.82) is 0 Å². The average molecular weight is 344 g/mol. The number of aliphatic hydroxyl groups is 1. The number of nitrogens with one attached hydrogen (secondary N) is 1. The molecule has 1 aliphatic heterocycles. The fourth-order valence-electron chi connectivity index (χ4n) is 3.10. The first-order valence-electron chi connectivity index (χ1n) is 8.48. The van der Waals surface area contributed by atoms with Crippen LogP contribution in [0.1, 0.15) is 29.4 Å². The topological polar surface area (TPSA) is 52.6 Å². The van der Waals surface area contributed by atoms with Crippen LogP contribution < -0.4 is 5.32 Å². The number of thiophene rings is 1. The molecule has 0 spiro atoms. The maximum Gasteiger partial charge on any atom is 0.253 e. The van der Waals surface area contributed by atoms with Gasteiger partial charge in [-0.1, -0.05) is 36.4 Å². The number of amides is 1. The van der Waals surface area contributed by atoms with Crippen LogP contribution in [0.25, 0.3) is 0 Å². The number of likely N-dealkylation sites (tertiary alicyclic amines) is 1. The van der Waals surface area contributed by atoms with E-state index in [2.05, 4.69) is 27.7 Å². The van der Waals surface area contributed by atoms with E-state index in [0.717, 1.165) is 32.5 Å². The van der Waals surface area contributed by atoms with E-state index < -0.39 is 6.10 Å². The Labute approximate surface area is 147 Å². The molecule has 1 amide bonds. The second kappa shape index (κ2) is 8.42. The molecule has 1 aromatic carbocycles. The maximum atomic E-state index is 12.1. The van der Waals surface area contributed by atoms with Crippen LogP contribution in [-0.2, 0) is 11.3 Å². The molecule has 4 nitrogen and oxygen atoms in total. The van der Waals surface area contributed by atoms with Crippen LogP contribution in [0.3, 0.4) is 0 Å².